The van der Waals surface area contributed by atoms with Crippen LogP contribution in [0.4, 0.5) is 0 Å². The van der Waals surface area contributed by atoms with Crippen LogP contribution in [0.2, 0.25) is 0 Å². The fourth-order valence-electron chi connectivity index (χ4n) is 1.09. The van der Waals surface area contributed by atoms with Gasteiger partial charge in [0.15, 0.2) is 0 Å². The normalized spacial score (nSPS) is 20.4. The summed E-state index contributed by atoms with van der Waals surface area (Å²) in [5.74, 6) is 3.33. The standard InChI is InChI=1S/C8H14S2/c1-6(2)8-7(3)9-4-5-10-8/h6H,4-5H2,1-3H3. The van der Waals surface area contributed by atoms with E-state index in [0.29, 0.717) is 0 Å². The zero-order valence-electron chi connectivity index (χ0n) is 6.81. The molecular formula is C8H14S2. The highest BCUT2D eigenvalue weighted by molar-refractivity contribution is 8.09. The van der Waals surface area contributed by atoms with Crippen molar-refractivity contribution in [3.8, 4) is 0 Å². The van der Waals surface area contributed by atoms with E-state index in [1.807, 2.05) is 23.5 Å². The molecule has 0 spiro atoms. The summed E-state index contributed by atoms with van der Waals surface area (Å²) >= 11 is 4.05. The fraction of sp³-hybridized carbons (Fsp3) is 0.750. The van der Waals surface area contributed by atoms with Gasteiger partial charge in [0.25, 0.3) is 0 Å². The van der Waals surface area contributed by atoms with E-state index >= 15 is 0 Å². The average molecular weight is 174 g/mol. The molecule has 0 fully saturated rings. The summed E-state index contributed by atoms with van der Waals surface area (Å²) in [7, 11) is 0. The Kier molecular flexibility index (Phi) is 3.18. The van der Waals surface area contributed by atoms with Crippen LogP contribution in [0.1, 0.15) is 20.8 Å². The molecule has 1 aliphatic rings. The van der Waals surface area contributed by atoms with Gasteiger partial charge >= 0.3 is 0 Å². The topological polar surface area (TPSA) is 0 Å². The summed E-state index contributed by atoms with van der Waals surface area (Å²) in [5, 5.41) is 0. The van der Waals surface area contributed by atoms with Gasteiger partial charge in [0, 0.05) is 11.5 Å². The molecule has 0 radical (unpaired) electrons. The Balaban J connectivity index is 2.68. The molecule has 0 aliphatic carbocycles. The molecule has 0 amide bonds. The first-order chi connectivity index (χ1) is 4.72. The maximum atomic E-state index is 2.28. The van der Waals surface area contributed by atoms with Crippen LogP contribution < -0.4 is 0 Å². The van der Waals surface area contributed by atoms with E-state index in [-0.39, 0.29) is 0 Å². The predicted molar refractivity (Wildman–Crippen MR) is 52.5 cm³/mol. The van der Waals surface area contributed by atoms with E-state index in [4.69, 9.17) is 0 Å². The van der Waals surface area contributed by atoms with Crippen molar-refractivity contribution in [3.63, 3.8) is 0 Å². The maximum absolute atomic E-state index is 2.28. The van der Waals surface area contributed by atoms with Gasteiger partial charge in [0.1, 0.15) is 0 Å². The molecule has 0 saturated carbocycles. The van der Waals surface area contributed by atoms with Crippen LogP contribution in [0.3, 0.4) is 0 Å². The molecule has 0 bridgehead atoms. The second-order valence-corrected chi connectivity index (χ2v) is 5.22. The Hall–Kier alpha value is 0.440. The molecule has 0 atom stereocenters. The molecule has 0 aromatic carbocycles. The van der Waals surface area contributed by atoms with Crippen LogP contribution >= 0.6 is 23.5 Å². The van der Waals surface area contributed by atoms with Gasteiger partial charge < -0.3 is 0 Å². The molecular weight excluding hydrogens is 160 g/mol. The van der Waals surface area contributed by atoms with E-state index in [9.17, 15) is 0 Å². The van der Waals surface area contributed by atoms with Gasteiger partial charge in [0.2, 0.25) is 0 Å². The van der Waals surface area contributed by atoms with Gasteiger partial charge in [-0.25, -0.2) is 0 Å². The lowest BCUT2D eigenvalue weighted by molar-refractivity contribution is 0.812. The lowest BCUT2D eigenvalue weighted by Crippen LogP contribution is -2.00. The van der Waals surface area contributed by atoms with Gasteiger partial charge in [-0.2, -0.15) is 0 Å². The summed E-state index contributed by atoms with van der Waals surface area (Å²) in [6.07, 6.45) is 0. The highest BCUT2D eigenvalue weighted by Crippen LogP contribution is 2.37. The molecule has 0 aromatic heterocycles. The highest BCUT2D eigenvalue weighted by atomic mass is 32.2. The number of allylic oxidation sites excluding steroid dienone is 2. The lowest BCUT2D eigenvalue weighted by Gasteiger charge is -2.19. The van der Waals surface area contributed by atoms with Gasteiger partial charge in [-0.05, 0) is 22.7 Å². The van der Waals surface area contributed by atoms with Gasteiger partial charge in [0.05, 0.1) is 0 Å². The molecule has 2 heteroatoms. The molecule has 10 heavy (non-hydrogen) atoms. The van der Waals surface area contributed by atoms with E-state index in [1.165, 1.54) is 11.5 Å². The van der Waals surface area contributed by atoms with Crippen molar-refractivity contribution in [2.75, 3.05) is 11.5 Å². The Morgan fingerprint density at radius 1 is 1.20 bits per heavy atom. The zero-order chi connectivity index (χ0) is 7.56. The first-order valence-electron chi connectivity index (χ1n) is 3.68. The fourth-order valence-corrected chi connectivity index (χ4v) is 3.55. The van der Waals surface area contributed by atoms with Gasteiger partial charge in [-0.3, -0.25) is 0 Å². The zero-order valence-corrected chi connectivity index (χ0v) is 8.44. The minimum absolute atomic E-state index is 0.734. The second kappa shape index (κ2) is 3.72. The highest BCUT2D eigenvalue weighted by Gasteiger charge is 2.12. The van der Waals surface area contributed by atoms with Crippen molar-refractivity contribution in [3.05, 3.63) is 9.81 Å². The maximum Gasteiger partial charge on any atom is 0.00716 e. The van der Waals surface area contributed by atoms with Gasteiger partial charge in [-0.15, -0.1) is 23.5 Å². The minimum Gasteiger partial charge on any atom is -0.129 e. The van der Waals surface area contributed by atoms with Crippen LogP contribution in [0.5, 0.6) is 0 Å². The van der Waals surface area contributed by atoms with Crippen LogP contribution in [0.25, 0.3) is 0 Å². The molecule has 1 rings (SSSR count). The average Bonchev–Trinajstić information content (AvgIpc) is 1.88. The van der Waals surface area contributed by atoms with E-state index < -0.39 is 0 Å². The number of rotatable bonds is 1. The third kappa shape index (κ3) is 1.96. The van der Waals surface area contributed by atoms with Crippen molar-refractivity contribution < 1.29 is 0 Å². The summed E-state index contributed by atoms with van der Waals surface area (Å²) in [6, 6.07) is 0. The van der Waals surface area contributed by atoms with Crippen LogP contribution in [0, 0.1) is 5.92 Å². The molecule has 0 N–H and O–H groups in total. The lowest BCUT2D eigenvalue weighted by atomic mass is 10.2. The predicted octanol–water partition coefficient (Wildman–Crippen LogP) is 3.35. The van der Waals surface area contributed by atoms with Gasteiger partial charge in [-0.1, -0.05) is 13.8 Å². The Labute approximate surface area is 71.8 Å². The van der Waals surface area contributed by atoms with Crippen molar-refractivity contribution >= 4 is 23.5 Å². The van der Waals surface area contributed by atoms with E-state index in [2.05, 4.69) is 20.8 Å². The summed E-state index contributed by atoms with van der Waals surface area (Å²) < 4.78 is 0. The number of hydrogen-bond donors (Lipinski definition) is 0. The van der Waals surface area contributed by atoms with E-state index in [0.717, 1.165) is 5.92 Å². The summed E-state index contributed by atoms with van der Waals surface area (Å²) in [4.78, 5) is 3.16. The summed E-state index contributed by atoms with van der Waals surface area (Å²) in [5.41, 5.74) is 0. The first kappa shape index (κ1) is 8.54. The van der Waals surface area contributed by atoms with E-state index in [1.54, 1.807) is 9.81 Å². The molecule has 0 unspecified atom stereocenters. The third-order valence-electron chi connectivity index (χ3n) is 1.53. The van der Waals surface area contributed by atoms with Crippen molar-refractivity contribution in [1.29, 1.82) is 0 Å². The minimum atomic E-state index is 0.734. The largest absolute Gasteiger partial charge is 0.129 e. The molecule has 0 nitrogen and oxygen atoms in total. The van der Waals surface area contributed by atoms with Crippen molar-refractivity contribution in [1.82, 2.24) is 0 Å². The second-order valence-electron chi connectivity index (χ2n) is 2.77. The first-order valence-corrected chi connectivity index (χ1v) is 5.65. The molecule has 1 aliphatic heterocycles. The monoisotopic (exact) mass is 174 g/mol. The quantitative estimate of drug-likeness (QED) is 0.598. The SMILES string of the molecule is CC1=C(C(C)C)SCCS1. The van der Waals surface area contributed by atoms with Crippen LogP contribution in [-0.2, 0) is 0 Å². The summed E-state index contributed by atoms with van der Waals surface area (Å²) in [6.45, 7) is 6.79. The molecule has 1 heterocycles. The molecule has 58 valence electrons. The Morgan fingerprint density at radius 3 is 2.20 bits per heavy atom. The Bertz CT molecular complexity index is 147. The Morgan fingerprint density at radius 2 is 1.80 bits per heavy atom. The molecule has 0 saturated heterocycles. The number of thioether (sulfide) groups is 2. The smallest absolute Gasteiger partial charge is 0.00716 e. The van der Waals surface area contributed by atoms with Crippen LogP contribution in [-0.4, -0.2) is 11.5 Å². The van der Waals surface area contributed by atoms with Crippen LogP contribution in [0.15, 0.2) is 9.81 Å². The van der Waals surface area contributed by atoms with Crippen molar-refractivity contribution in [2.24, 2.45) is 5.92 Å². The number of hydrogen-bond acceptors (Lipinski definition) is 2. The van der Waals surface area contributed by atoms with Crippen molar-refractivity contribution in [2.45, 2.75) is 20.8 Å². The third-order valence-corrected chi connectivity index (χ3v) is 4.48. The molecule has 0 aromatic rings.